The summed E-state index contributed by atoms with van der Waals surface area (Å²) in [6, 6.07) is 8.78. The molecule has 0 radical (unpaired) electrons. The van der Waals surface area contributed by atoms with Crippen molar-refractivity contribution in [3.63, 3.8) is 0 Å². The van der Waals surface area contributed by atoms with Gasteiger partial charge in [-0.25, -0.2) is 0 Å². The number of ether oxygens (including phenoxy) is 1. The molecule has 0 aliphatic carbocycles. The van der Waals surface area contributed by atoms with Gasteiger partial charge in [0.2, 0.25) is 0 Å². The number of nitrogens with two attached hydrogens (primary N) is 1. The maximum atomic E-state index is 10.1. The lowest BCUT2D eigenvalue weighted by Crippen LogP contribution is -2.61. The summed E-state index contributed by atoms with van der Waals surface area (Å²) in [7, 11) is 0. The Labute approximate surface area is 138 Å². The van der Waals surface area contributed by atoms with Crippen LogP contribution in [-0.4, -0.2) is 63.4 Å². The first-order valence-electron chi connectivity index (χ1n) is 6.66. The molecule has 7 N–H and O–H groups in total. The van der Waals surface area contributed by atoms with Gasteiger partial charge in [0.05, 0.1) is 12.5 Å². The Morgan fingerprint density at radius 2 is 1.73 bits per heavy atom. The largest absolute Gasteiger partial charge is 0.394 e. The fraction of sp³-hybridized carbons (Fsp3) is 0.500. The van der Waals surface area contributed by atoms with Crippen molar-refractivity contribution in [3.05, 3.63) is 35.9 Å². The van der Waals surface area contributed by atoms with Crippen LogP contribution in [0.5, 0.6) is 0 Å². The van der Waals surface area contributed by atoms with Crippen LogP contribution in [-0.2, 0) is 4.74 Å². The Kier molecular flexibility index (Phi) is 6.92. The first-order chi connectivity index (χ1) is 9.97. The molecule has 124 valence electrons. The van der Waals surface area contributed by atoms with E-state index in [0.29, 0.717) is 5.56 Å². The predicted molar refractivity (Wildman–Crippen MR) is 85.2 cm³/mol. The highest BCUT2D eigenvalue weighted by atomic mass is 79.9. The molecular formula is C14H21BrN2O5. The van der Waals surface area contributed by atoms with Gasteiger partial charge in [-0.15, -0.1) is 17.0 Å². The molecule has 6 atom stereocenters. The molecule has 1 heterocycles. The fourth-order valence-corrected chi connectivity index (χ4v) is 2.61. The number of hydrogen-bond acceptors (Lipinski definition) is 6. The van der Waals surface area contributed by atoms with Crippen LogP contribution in [0.3, 0.4) is 0 Å². The number of hydrogen-bond donors (Lipinski definition) is 6. The van der Waals surface area contributed by atoms with Crippen LogP contribution in [0.4, 0.5) is 0 Å². The highest BCUT2D eigenvalue weighted by Crippen LogP contribution is 2.31. The van der Waals surface area contributed by atoms with Gasteiger partial charge in [0, 0.05) is 0 Å². The number of aliphatic hydroxyl groups excluding tert-OH is 4. The maximum Gasteiger partial charge on any atom is 0.111 e. The SMILES string of the molecule is Br.N=C(N)C(c1ccccc1)[C@@H]1O[C@H](CO)[C@H](O)[C@H](O)[C@H]1O. The Morgan fingerprint density at radius 1 is 1.14 bits per heavy atom. The van der Waals surface area contributed by atoms with Crippen LogP contribution in [0.15, 0.2) is 30.3 Å². The smallest absolute Gasteiger partial charge is 0.111 e. The minimum absolute atomic E-state index is 0. The summed E-state index contributed by atoms with van der Waals surface area (Å²) >= 11 is 0. The Bertz CT molecular complexity index is 487. The van der Waals surface area contributed by atoms with Crippen molar-refractivity contribution in [3.8, 4) is 0 Å². The predicted octanol–water partition coefficient (Wildman–Crippen LogP) is -0.874. The van der Waals surface area contributed by atoms with Crippen LogP contribution in [0.25, 0.3) is 0 Å². The van der Waals surface area contributed by atoms with E-state index < -0.39 is 43.0 Å². The van der Waals surface area contributed by atoms with Gasteiger partial charge in [-0.2, -0.15) is 0 Å². The molecule has 8 heteroatoms. The monoisotopic (exact) mass is 376 g/mol. The van der Waals surface area contributed by atoms with Crippen LogP contribution in [0.1, 0.15) is 11.5 Å². The van der Waals surface area contributed by atoms with Crippen molar-refractivity contribution < 1.29 is 25.2 Å². The molecular weight excluding hydrogens is 356 g/mol. The van der Waals surface area contributed by atoms with Gasteiger partial charge in [-0.1, -0.05) is 30.3 Å². The third kappa shape index (κ3) is 3.65. The van der Waals surface area contributed by atoms with E-state index in [9.17, 15) is 20.4 Å². The molecule has 0 spiro atoms. The third-order valence-electron chi connectivity index (χ3n) is 3.75. The summed E-state index contributed by atoms with van der Waals surface area (Å²) in [5.41, 5.74) is 6.26. The molecule has 7 nitrogen and oxygen atoms in total. The fourth-order valence-electron chi connectivity index (χ4n) is 2.61. The average molecular weight is 377 g/mol. The summed E-state index contributed by atoms with van der Waals surface area (Å²) in [5, 5.41) is 46.7. The van der Waals surface area contributed by atoms with E-state index in [-0.39, 0.29) is 22.8 Å². The minimum atomic E-state index is -1.48. The Morgan fingerprint density at radius 3 is 2.23 bits per heavy atom. The summed E-state index contributed by atoms with van der Waals surface area (Å²) in [6.07, 6.45) is -6.37. The second kappa shape index (κ2) is 8.00. The van der Waals surface area contributed by atoms with E-state index in [1.54, 1.807) is 30.3 Å². The van der Waals surface area contributed by atoms with Gasteiger partial charge in [0.15, 0.2) is 0 Å². The maximum absolute atomic E-state index is 10.1. The first-order valence-corrected chi connectivity index (χ1v) is 6.66. The van der Waals surface area contributed by atoms with E-state index in [2.05, 4.69) is 0 Å². The number of aliphatic hydroxyl groups is 4. The minimum Gasteiger partial charge on any atom is -0.394 e. The van der Waals surface area contributed by atoms with Gasteiger partial charge >= 0.3 is 0 Å². The van der Waals surface area contributed by atoms with E-state index in [1.807, 2.05) is 0 Å². The van der Waals surface area contributed by atoms with E-state index in [1.165, 1.54) is 0 Å². The highest BCUT2D eigenvalue weighted by molar-refractivity contribution is 8.93. The van der Waals surface area contributed by atoms with E-state index in [4.69, 9.17) is 15.9 Å². The zero-order valence-electron chi connectivity index (χ0n) is 11.7. The van der Waals surface area contributed by atoms with Gasteiger partial charge < -0.3 is 30.9 Å². The van der Waals surface area contributed by atoms with Crippen molar-refractivity contribution in [2.24, 2.45) is 5.73 Å². The van der Waals surface area contributed by atoms with Crippen molar-refractivity contribution in [1.82, 2.24) is 0 Å². The zero-order valence-corrected chi connectivity index (χ0v) is 13.5. The normalized spacial score (nSPS) is 32.8. The lowest BCUT2D eigenvalue weighted by Gasteiger charge is -2.43. The molecule has 0 amide bonds. The Hall–Kier alpha value is -1.03. The second-order valence-electron chi connectivity index (χ2n) is 5.14. The summed E-state index contributed by atoms with van der Waals surface area (Å²) in [6.45, 7) is -0.513. The molecule has 1 aromatic carbocycles. The summed E-state index contributed by atoms with van der Waals surface area (Å²) < 4.78 is 5.48. The number of halogens is 1. The van der Waals surface area contributed by atoms with Gasteiger partial charge in [-0.3, -0.25) is 5.41 Å². The number of amidine groups is 1. The molecule has 1 aliphatic heterocycles. The van der Waals surface area contributed by atoms with Gasteiger partial charge in [0.25, 0.3) is 0 Å². The van der Waals surface area contributed by atoms with E-state index >= 15 is 0 Å². The highest BCUT2D eigenvalue weighted by Gasteiger charge is 2.47. The molecule has 2 rings (SSSR count). The van der Waals surface area contributed by atoms with Crippen molar-refractivity contribution in [1.29, 1.82) is 5.41 Å². The molecule has 1 unspecified atom stereocenters. The molecule has 1 aromatic rings. The van der Waals surface area contributed by atoms with Crippen LogP contribution >= 0.6 is 17.0 Å². The molecule has 0 aromatic heterocycles. The third-order valence-corrected chi connectivity index (χ3v) is 3.75. The second-order valence-corrected chi connectivity index (χ2v) is 5.14. The number of nitrogens with one attached hydrogen (secondary N) is 1. The molecule has 22 heavy (non-hydrogen) atoms. The van der Waals surface area contributed by atoms with Crippen LogP contribution in [0, 0.1) is 5.41 Å². The number of rotatable bonds is 4. The van der Waals surface area contributed by atoms with Gasteiger partial charge in [0.1, 0.15) is 36.4 Å². The lowest BCUT2D eigenvalue weighted by molar-refractivity contribution is -0.230. The topological polar surface area (TPSA) is 140 Å². The van der Waals surface area contributed by atoms with Crippen LogP contribution < -0.4 is 5.73 Å². The van der Waals surface area contributed by atoms with Crippen molar-refractivity contribution >= 4 is 22.8 Å². The molecule has 0 saturated carbocycles. The van der Waals surface area contributed by atoms with Gasteiger partial charge in [-0.05, 0) is 5.56 Å². The molecule has 1 fully saturated rings. The van der Waals surface area contributed by atoms with Crippen molar-refractivity contribution in [2.75, 3.05) is 6.61 Å². The number of benzene rings is 1. The quantitative estimate of drug-likeness (QED) is 0.298. The molecule has 1 saturated heterocycles. The standard InChI is InChI=1S/C14H20N2O5.BrH/c15-14(16)9(7-4-2-1-3-5-7)13-12(20)11(19)10(18)8(6-17)21-13;/h1-5,8-13,17-20H,6H2,(H3,15,16);1H/t8-,9?,10+,11+,12-,13+;/m1./s1. The van der Waals surface area contributed by atoms with Crippen LogP contribution in [0.2, 0.25) is 0 Å². The summed E-state index contributed by atoms with van der Waals surface area (Å²) in [4.78, 5) is 0. The average Bonchev–Trinajstić information content (AvgIpc) is 2.48. The molecule has 1 aliphatic rings. The first kappa shape index (κ1) is 19.0. The zero-order chi connectivity index (χ0) is 15.6. The van der Waals surface area contributed by atoms with Crippen molar-refractivity contribution in [2.45, 2.75) is 36.4 Å². The Balaban J connectivity index is 0.00000242. The lowest BCUT2D eigenvalue weighted by atomic mass is 9.83. The van der Waals surface area contributed by atoms with E-state index in [0.717, 1.165) is 0 Å². The summed E-state index contributed by atoms with van der Waals surface area (Å²) in [5.74, 6) is -1.01. The molecule has 0 bridgehead atoms.